The standard InChI is InChI=1S/C15H19FN4O/c1-8(2)19-15(21)9(3)20-14-11(16)7-12(17)10-5-4-6-18-13(10)14/h4-9,20H,17H2,1-3H3,(H,19,21). The molecule has 21 heavy (non-hydrogen) atoms. The lowest BCUT2D eigenvalue weighted by Crippen LogP contribution is -2.41. The number of nitrogens with two attached hydrogens (primary N) is 1. The van der Waals surface area contributed by atoms with Crippen LogP contribution < -0.4 is 16.4 Å². The number of fused-ring (bicyclic) bond motifs is 1. The number of rotatable bonds is 4. The van der Waals surface area contributed by atoms with Crippen LogP contribution in [0, 0.1) is 5.82 Å². The van der Waals surface area contributed by atoms with Crippen molar-refractivity contribution in [2.24, 2.45) is 0 Å². The normalized spacial score (nSPS) is 12.4. The lowest BCUT2D eigenvalue weighted by atomic mass is 10.1. The Kier molecular flexibility index (Phi) is 4.26. The molecule has 0 bridgehead atoms. The molecule has 1 atom stereocenters. The number of amides is 1. The Morgan fingerprint density at radius 1 is 1.38 bits per heavy atom. The van der Waals surface area contributed by atoms with E-state index in [0.29, 0.717) is 16.6 Å². The van der Waals surface area contributed by atoms with Gasteiger partial charge in [-0.3, -0.25) is 9.78 Å². The highest BCUT2D eigenvalue weighted by molar-refractivity contribution is 5.99. The molecular formula is C15H19FN4O. The van der Waals surface area contributed by atoms with Crippen molar-refractivity contribution >= 4 is 28.2 Å². The summed E-state index contributed by atoms with van der Waals surface area (Å²) in [6.45, 7) is 5.40. The Morgan fingerprint density at radius 2 is 2.10 bits per heavy atom. The molecule has 0 saturated heterocycles. The molecule has 0 fully saturated rings. The van der Waals surface area contributed by atoms with E-state index in [1.165, 1.54) is 6.07 Å². The van der Waals surface area contributed by atoms with Crippen LogP contribution in [-0.4, -0.2) is 23.0 Å². The van der Waals surface area contributed by atoms with E-state index < -0.39 is 11.9 Å². The van der Waals surface area contributed by atoms with E-state index in [2.05, 4.69) is 15.6 Å². The number of nitrogens with one attached hydrogen (secondary N) is 2. The fourth-order valence-corrected chi connectivity index (χ4v) is 2.07. The number of aromatic nitrogens is 1. The molecule has 112 valence electrons. The third-order valence-corrected chi connectivity index (χ3v) is 3.06. The molecule has 6 heteroatoms. The minimum atomic E-state index is -0.587. The molecule has 1 heterocycles. The lowest BCUT2D eigenvalue weighted by Gasteiger charge is -2.18. The zero-order valence-electron chi connectivity index (χ0n) is 12.3. The first-order valence-electron chi connectivity index (χ1n) is 6.79. The van der Waals surface area contributed by atoms with Crippen LogP contribution in [0.5, 0.6) is 0 Å². The van der Waals surface area contributed by atoms with Gasteiger partial charge in [-0.15, -0.1) is 0 Å². The summed E-state index contributed by atoms with van der Waals surface area (Å²) in [4.78, 5) is 16.1. The van der Waals surface area contributed by atoms with E-state index in [-0.39, 0.29) is 17.6 Å². The van der Waals surface area contributed by atoms with Crippen molar-refractivity contribution in [3.63, 3.8) is 0 Å². The molecule has 5 nitrogen and oxygen atoms in total. The third kappa shape index (κ3) is 3.21. The Bertz CT molecular complexity index is 672. The summed E-state index contributed by atoms with van der Waals surface area (Å²) in [5.41, 5.74) is 6.72. The number of nitrogens with zero attached hydrogens (tertiary/aromatic N) is 1. The van der Waals surface area contributed by atoms with Gasteiger partial charge < -0.3 is 16.4 Å². The quantitative estimate of drug-likeness (QED) is 0.755. The molecule has 0 saturated carbocycles. The van der Waals surface area contributed by atoms with Crippen LogP contribution in [-0.2, 0) is 4.79 Å². The number of pyridine rings is 1. The van der Waals surface area contributed by atoms with Gasteiger partial charge in [0.1, 0.15) is 6.04 Å². The molecule has 1 aromatic carbocycles. The number of anilines is 2. The van der Waals surface area contributed by atoms with Gasteiger partial charge in [-0.2, -0.15) is 0 Å². The molecule has 0 aliphatic heterocycles. The summed E-state index contributed by atoms with van der Waals surface area (Å²) >= 11 is 0. The molecule has 2 aromatic rings. The predicted octanol–water partition coefficient (Wildman–Crippen LogP) is 2.28. The number of carbonyl (C=O) groups is 1. The van der Waals surface area contributed by atoms with Gasteiger partial charge in [0.05, 0.1) is 11.2 Å². The second-order valence-electron chi connectivity index (χ2n) is 5.25. The summed E-state index contributed by atoms with van der Waals surface area (Å²) in [6.07, 6.45) is 1.56. The monoisotopic (exact) mass is 290 g/mol. The van der Waals surface area contributed by atoms with Gasteiger partial charge in [-0.05, 0) is 39.0 Å². The first-order chi connectivity index (χ1) is 9.90. The number of nitrogen functional groups attached to an aromatic ring is 1. The number of hydrogen-bond donors (Lipinski definition) is 3. The van der Waals surface area contributed by atoms with Crippen molar-refractivity contribution in [2.75, 3.05) is 11.1 Å². The second kappa shape index (κ2) is 5.95. The summed E-state index contributed by atoms with van der Waals surface area (Å²) in [7, 11) is 0. The van der Waals surface area contributed by atoms with E-state index in [0.717, 1.165) is 0 Å². The van der Waals surface area contributed by atoms with E-state index >= 15 is 0 Å². The molecular weight excluding hydrogens is 271 g/mol. The van der Waals surface area contributed by atoms with Crippen LogP contribution in [0.25, 0.3) is 10.9 Å². The van der Waals surface area contributed by atoms with Crippen molar-refractivity contribution in [3.05, 3.63) is 30.2 Å². The van der Waals surface area contributed by atoms with Crippen molar-refractivity contribution in [1.82, 2.24) is 10.3 Å². The minimum Gasteiger partial charge on any atom is -0.398 e. The lowest BCUT2D eigenvalue weighted by molar-refractivity contribution is -0.122. The van der Waals surface area contributed by atoms with Crippen molar-refractivity contribution in [1.29, 1.82) is 0 Å². The van der Waals surface area contributed by atoms with Crippen LogP contribution in [0.2, 0.25) is 0 Å². The first kappa shape index (κ1) is 15.0. The highest BCUT2D eigenvalue weighted by Gasteiger charge is 2.18. The average Bonchev–Trinajstić information content (AvgIpc) is 2.42. The van der Waals surface area contributed by atoms with Crippen molar-refractivity contribution in [3.8, 4) is 0 Å². The largest absolute Gasteiger partial charge is 0.398 e. The van der Waals surface area contributed by atoms with Gasteiger partial charge in [-0.25, -0.2) is 4.39 Å². The maximum absolute atomic E-state index is 14.2. The Labute approximate surface area is 122 Å². The van der Waals surface area contributed by atoms with E-state index in [9.17, 15) is 9.18 Å². The van der Waals surface area contributed by atoms with E-state index in [1.54, 1.807) is 25.3 Å². The summed E-state index contributed by atoms with van der Waals surface area (Å²) in [5.74, 6) is -0.729. The maximum atomic E-state index is 14.2. The highest BCUT2D eigenvalue weighted by Crippen LogP contribution is 2.29. The van der Waals surface area contributed by atoms with Gasteiger partial charge in [0.25, 0.3) is 0 Å². The maximum Gasteiger partial charge on any atom is 0.242 e. The fraction of sp³-hybridized carbons (Fsp3) is 0.333. The molecule has 2 rings (SSSR count). The van der Waals surface area contributed by atoms with E-state index in [1.807, 2.05) is 13.8 Å². The molecule has 1 unspecified atom stereocenters. The smallest absolute Gasteiger partial charge is 0.242 e. The van der Waals surface area contributed by atoms with Crippen LogP contribution >= 0.6 is 0 Å². The van der Waals surface area contributed by atoms with Crippen LogP contribution in [0.1, 0.15) is 20.8 Å². The molecule has 4 N–H and O–H groups in total. The summed E-state index contributed by atoms with van der Waals surface area (Å²) in [5, 5.41) is 6.30. The SMILES string of the molecule is CC(C)NC(=O)C(C)Nc1c(F)cc(N)c2cccnc12. The molecule has 0 radical (unpaired) electrons. The number of hydrogen-bond acceptors (Lipinski definition) is 4. The zero-order chi connectivity index (χ0) is 15.6. The van der Waals surface area contributed by atoms with Crippen LogP contribution in [0.4, 0.5) is 15.8 Å². The molecule has 1 amide bonds. The Hall–Kier alpha value is -2.37. The first-order valence-corrected chi connectivity index (χ1v) is 6.79. The molecule has 0 spiro atoms. The number of carbonyl (C=O) groups excluding carboxylic acids is 1. The second-order valence-corrected chi connectivity index (χ2v) is 5.25. The minimum absolute atomic E-state index is 0.0212. The zero-order valence-corrected chi connectivity index (χ0v) is 12.3. The van der Waals surface area contributed by atoms with Crippen LogP contribution in [0.3, 0.4) is 0 Å². The topological polar surface area (TPSA) is 80.0 Å². The number of halogens is 1. The van der Waals surface area contributed by atoms with Gasteiger partial charge in [-0.1, -0.05) is 0 Å². The summed E-state index contributed by atoms with van der Waals surface area (Å²) < 4.78 is 14.2. The van der Waals surface area contributed by atoms with Gasteiger partial charge in [0.15, 0.2) is 5.82 Å². The molecule has 0 aliphatic rings. The average molecular weight is 290 g/mol. The van der Waals surface area contributed by atoms with Gasteiger partial charge in [0.2, 0.25) is 5.91 Å². The predicted molar refractivity (Wildman–Crippen MR) is 82.5 cm³/mol. The van der Waals surface area contributed by atoms with Crippen LogP contribution in [0.15, 0.2) is 24.4 Å². The van der Waals surface area contributed by atoms with E-state index in [4.69, 9.17) is 5.73 Å². The highest BCUT2D eigenvalue weighted by atomic mass is 19.1. The molecule has 0 aliphatic carbocycles. The van der Waals surface area contributed by atoms with Gasteiger partial charge >= 0.3 is 0 Å². The van der Waals surface area contributed by atoms with Gasteiger partial charge in [0, 0.05) is 23.3 Å². The summed E-state index contributed by atoms with van der Waals surface area (Å²) in [6, 6.07) is 4.17. The van der Waals surface area contributed by atoms with Crippen molar-refractivity contribution in [2.45, 2.75) is 32.9 Å². The third-order valence-electron chi connectivity index (χ3n) is 3.06. The Balaban J connectivity index is 2.36. The Morgan fingerprint density at radius 3 is 2.76 bits per heavy atom. The van der Waals surface area contributed by atoms with Crippen molar-refractivity contribution < 1.29 is 9.18 Å². The number of benzene rings is 1. The fourth-order valence-electron chi connectivity index (χ4n) is 2.07. The molecule has 1 aromatic heterocycles.